The van der Waals surface area contributed by atoms with Crippen LogP contribution in [0.1, 0.15) is 44.6 Å². The first-order valence-electron chi connectivity index (χ1n) is 7.77. The average molecular weight is 290 g/mol. The minimum atomic E-state index is 0.138. The summed E-state index contributed by atoms with van der Waals surface area (Å²) in [7, 11) is 1.66. The van der Waals surface area contributed by atoms with E-state index in [1.807, 2.05) is 24.3 Å². The molecule has 2 rings (SSSR count). The number of benzene rings is 1. The summed E-state index contributed by atoms with van der Waals surface area (Å²) in [6, 6.07) is 8.56. The number of methoxy groups -OCH3 is 1. The van der Waals surface area contributed by atoms with Crippen molar-refractivity contribution in [3.8, 4) is 5.75 Å². The predicted octanol–water partition coefficient (Wildman–Crippen LogP) is 2.45. The third-order valence-electron chi connectivity index (χ3n) is 4.28. The summed E-state index contributed by atoms with van der Waals surface area (Å²) in [5.41, 5.74) is 1.17. The average Bonchev–Trinajstić information content (AvgIpc) is 2.49. The zero-order chi connectivity index (χ0) is 15.2. The molecule has 4 heteroatoms. The van der Waals surface area contributed by atoms with Crippen molar-refractivity contribution in [3.63, 3.8) is 0 Å². The molecule has 0 radical (unpaired) electrons. The number of hydrogen-bond donors (Lipinski definition) is 2. The maximum Gasteiger partial charge on any atom is 0.220 e. The zero-order valence-electron chi connectivity index (χ0n) is 13.2. The molecule has 0 spiro atoms. The van der Waals surface area contributed by atoms with Gasteiger partial charge in [0, 0.05) is 18.5 Å². The summed E-state index contributed by atoms with van der Waals surface area (Å²) in [5, 5.41) is 6.57. The van der Waals surface area contributed by atoms with Crippen LogP contribution in [0.2, 0.25) is 0 Å². The van der Waals surface area contributed by atoms with E-state index < -0.39 is 0 Å². The van der Waals surface area contributed by atoms with E-state index >= 15 is 0 Å². The molecule has 0 bridgehead atoms. The van der Waals surface area contributed by atoms with E-state index in [-0.39, 0.29) is 17.9 Å². The molecule has 2 N–H and O–H groups in total. The Morgan fingerprint density at radius 2 is 2.14 bits per heavy atom. The molecule has 1 fully saturated rings. The molecule has 1 amide bonds. The second kappa shape index (κ2) is 7.46. The normalized spacial score (nSPS) is 23.4. The van der Waals surface area contributed by atoms with Gasteiger partial charge in [0.25, 0.3) is 0 Å². The highest BCUT2D eigenvalue weighted by molar-refractivity contribution is 5.77. The van der Waals surface area contributed by atoms with Crippen molar-refractivity contribution in [3.05, 3.63) is 29.8 Å². The molecule has 0 saturated carbocycles. The van der Waals surface area contributed by atoms with Gasteiger partial charge in [-0.3, -0.25) is 4.79 Å². The Morgan fingerprint density at radius 1 is 1.43 bits per heavy atom. The van der Waals surface area contributed by atoms with Crippen molar-refractivity contribution in [2.24, 2.45) is 0 Å². The van der Waals surface area contributed by atoms with E-state index in [0.717, 1.165) is 25.1 Å². The van der Waals surface area contributed by atoms with Crippen molar-refractivity contribution in [1.29, 1.82) is 0 Å². The Bertz CT molecular complexity index is 458. The maximum absolute atomic E-state index is 12.2. The first-order valence-corrected chi connectivity index (χ1v) is 7.77. The van der Waals surface area contributed by atoms with Crippen LogP contribution in [0.5, 0.6) is 5.75 Å². The molecule has 1 aromatic rings. The van der Waals surface area contributed by atoms with E-state index in [9.17, 15) is 4.79 Å². The lowest BCUT2D eigenvalue weighted by atomic mass is 9.96. The van der Waals surface area contributed by atoms with Crippen LogP contribution in [0.4, 0.5) is 0 Å². The van der Waals surface area contributed by atoms with Gasteiger partial charge in [-0.05, 0) is 49.9 Å². The van der Waals surface area contributed by atoms with Crippen LogP contribution in [0, 0.1) is 0 Å². The summed E-state index contributed by atoms with van der Waals surface area (Å²) in [5.74, 6) is 1.19. The monoisotopic (exact) mass is 290 g/mol. The number of rotatable bonds is 5. The highest BCUT2D eigenvalue weighted by Crippen LogP contribution is 2.22. The molecular weight excluding hydrogens is 264 g/mol. The number of ether oxygens (including phenoxy) is 1. The Kier molecular flexibility index (Phi) is 5.62. The van der Waals surface area contributed by atoms with Gasteiger partial charge in [-0.15, -0.1) is 0 Å². The molecule has 1 aliphatic heterocycles. The smallest absolute Gasteiger partial charge is 0.220 e. The SMILES string of the molecule is COc1ccc(C(C)CC(=O)NC2CCCNC2C)cc1. The molecule has 3 atom stereocenters. The predicted molar refractivity (Wildman–Crippen MR) is 84.7 cm³/mol. The Morgan fingerprint density at radius 3 is 2.76 bits per heavy atom. The second-order valence-corrected chi connectivity index (χ2v) is 5.94. The molecule has 0 aromatic heterocycles. The first kappa shape index (κ1) is 15.8. The fraction of sp³-hybridized carbons (Fsp3) is 0.588. The molecule has 1 aliphatic rings. The molecular formula is C17H26N2O2. The van der Waals surface area contributed by atoms with Crippen molar-refractivity contribution in [1.82, 2.24) is 10.6 Å². The van der Waals surface area contributed by atoms with Gasteiger partial charge >= 0.3 is 0 Å². The van der Waals surface area contributed by atoms with Gasteiger partial charge in [-0.1, -0.05) is 19.1 Å². The van der Waals surface area contributed by atoms with E-state index in [1.165, 1.54) is 5.56 Å². The molecule has 4 nitrogen and oxygen atoms in total. The van der Waals surface area contributed by atoms with Crippen LogP contribution in [0.3, 0.4) is 0 Å². The molecule has 1 heterocycles. The topological polar surface area (TPSA) is 50.4 Å². The molecule has 3 unspecified atom stereocenters. The largest absolute Gasteiger partial charge is 0.497 e. The van der Waals surface area contributed by atoms with Crippen molar-refractivity contribution >= 4 is 5.91 Å². The maximum atomic E-state index is 12.2. The van der Waals surface area contributed by atoms with Crippen molar-refractivity contribution in [2.75, 3.05) is 13.7 Å². The molecule has 21 heavy (non-hydrogen) atoms. The van der Waals surface area contributed by atoms with Gasteiger partial charge in [0.15, 0.2) is 0 Å². The van der Waals surface area contributed by atoms with Gasteiger partial charge in [-0.2, -0.15) is 0 Å². The van der Waals surface area contributed by atoms with Crippen LogP contribution >= 0.6 is 0 Å². The number of amides is 1. The lowest BCUT2D eigenvalue weighted by Crippen LogP contribution is -2.52. The number of carbonyl (C=O) groups is 1. The highest BCUT2D eigenvalue weighted by atomic mass is 16.5. The van der Waals surface area contributed by atoms with Crippen LogP contribution in [0.15, 0.2) is 24.3 Å². The minimum Gasteiger partial charge on any atom is -0.497 e. The number of hydrogen-bond acceptors (Lipinski definition) is 3. The number of piperidine rings is 1. The molecule has 0 aliphatic carbocycles. The minimum absolute atomic E-state index is 0.138. The molecule has 116 valence electrons. The zero-order valence-corrected chi connectivity index (χ0v) is 13.2. The van der Waals surface area contributed by atoms with E-state index in [2.05, 4.69) is 24.5 Å². The fourth-order valence-corrected chi connectivity index (χ4v) is 2.84. The lowest BCUT2D eigenvalue weighted by Gasteiger charge is -2.31. The standard InChI is InChI=1S/C17H26N2O2/c1-12(14-6-8-15(21-3)9-7-14)11-17(20)19-16-5-4-10-18-13(16)2/h6-9,12-13,16,18H,4-5,10-11H2,1-3H3,(H,19,20). The summed E-state index contributed by atoms with van der Waals surface area (Å²) in [6.07, 6.45) is 2.72. The molecule has 1 saturated heterocycles. The van der Waals surface area contributed by atoms with E-state index in [4.69, 9.17) is 4.74 Å². The van der Waals surface area contributed by atoms with Crippen molar-refractivity contribution < 1.29 is 9.53 Å². The third-order valence-corrected chi connectivity index (χ3v) is 4.28. The third kappa shape index (κ3) is 4.46. The summed E-state index contributed by atoms with van der Waals surface area (Å²) >= 11 is 0. The van der Waals surface area contributed by atoms with Gasteiger partial charge in [0.05, 0.1) is 7.11 Å². The summed E-state index contributed by atoms with van der Waals surface area (Å²) < 4.78 is 5.16. The Hall–Kier alpha value is -1.55. The molecule has 1 aromatic carbocycles. The van der Waals surface area contributed by atoms with Crippen LogP contribution in [-0.4, -0.2) is 31.6 Å². The lowest BCUT2D eigenvalue weighted by molar-refractivity contribution is -0.122. The summed E-state index contributed by atoms with van der Waals surface area (Å²) in [6.45, 7) is 5.27. The quantitative estimate of drug-likeness (QED) is 0.876. The van der Waals surface area contributed by atoms with Crippen LogP contribution in [0.25, 0.3) is 0 Å². The van der Waals surface area contributed by atoms with Crippen LogP contribution in [-0.2, 0) is 4.79 Å². The fourth-order valence-electron chi connectivity index (χ4n) is 2.84. The van der Waals surface area contributed by atoms with Crippen LogP contribution < -0.4 is 15.4 Å². The van der Waals surface area contributed by atoms with Gasteiger partial charge in [0.2, 0.25) is 5.91 Å². The van der Waals surface area contributed by atoms with Gasteiger partial charge in [-0.25, -0.2) is 0 Å². The van der Waals surface area contributed by atoms with E-state index in [1.54, 1.807) is 7.11 Å². The Labute approximate surface area is 127 Å². The van der Waals surface area contributed by atoms with Gasteiger partial charge in [0.1, 0.15) is 5.75 Å². The van der Waals surface area contributed by atoms with Crippen molar-refractivity contribution in [2.45, 2.75) is 51.1 Å². The first-order chi connectivity index (χ1) is 10.1. The summed E-state index contributed by atoms with van der Waals surface area (Å²) in [4.78, 5) is 12.2. The second-order valence-electron chi connectivity index (χ2n) is 5.94. The Balaban J connectivity index is 1.86. The van der Waals surface area contributed by atoms with E-state index in [0.29, 0.717) is 12.5 Å². The number of carbonyl (C=O) groups excluding carboxylic acids is 1. The highest BCUT2D eigenvalue weighted by Gasteiger charge is 2.23. The van der Waals surface area contributed by atoms with Gasteiger partial charge < -0.3 is 15.4 Å². The number of nitrogens with one attached hydrogen (secondary N) is 2.